The summed E-state index contributed by atoms with van der Waals surface area (Å²) >= 11 is 0. The van der Waals surface area contributed by atoms with Crippen LogP contribution in [0.25, 0.3) is 21.7 Å². The molecule has 0 aliphatic heterocycles. The zero-order chi connectivity index (χ0) is 26.3. The number of methoxy groups -OCH3 is 1. The Hall–Kier alpha value is -4.71. The second-order valence-corrected chi connectivity index (χ2v) is 9.09. The van der Waals surface area contributed by atoms with E-state index in [4.69, 9.17) is 4.74 Å². The third kappa shape index (κ3) is 6.16. The number of carbonyl (C=O) groups is 2. The summed E-state index contributed by atoms with van der Waals surface area (Å²) in [4.78, 5) is 28.8. The van der Waals surface area contributed by atoms with Gasteiger partial charge in [-0.2, -0.15) is 0 Å². The minimum atomic E-state index is -0.211. The molecule has 0 spiro atoms. The van der Waals surface area contributed by atoms with Gasteiger partial charge in [0.25, 0.3) is 5.91 Å². The third-order valence-corrected chi connectivity index (χ3v) is 6.40. The molecule has 4 aromatic carbocycles. The molecule has 1 amide bonds. The molecule has 1 N–H and O–H groups in total. The van der Waals surface area contributed by atoms with E-state index in [9.17, 15) is 9.59 Å². The molecule has 0 bridgehead atoms. The maximum Gasteiger partial charge on any atom is 0.305 e. The number of benzene rings is 4. The molecule has 5 rings (SSSR count). The molecule has 5 aromatic rings. The number of aryl methyl sites for hydroxylation is 1. The number of ether oxygens (including phenoxy) is 2. The summed E-state index contributed by atoms with van der Waals surface area (Å²) in [6.45, 7) is 0.367. The number of aromatic nitrogens is 1. The van der Waals surface area contributed by atoms with Gasteiger partial charge in [0.1, 0.15) is 12.4 Å². The van der Waals surface area contributed by atoms with E-state index in [1.54, 1.807) is 12.1 Å². The predicted octanol–water partition coefficient (Wildman–Crippen LogP) is 6.72. The molecule has 6 heteroatoms. The number of rotatable bonds is 9. The van der Waals surface area contributed by atoms with E-state index in [1.807, 2.05) is 78.9 Å². The first-order chi connectivity index (χ1) is 18.6. The summed E-state index contributed by atoms with van der Waals surface area (Å²) in [7, 11) is 1.39. The highest BCUT2D eigenvalue weighted by molar-refractivity contribution is 6.05. The van der Waals surface area contributed by atoms with E-state index in [0.717, 1.165) is 45.1 Å². The number of amides is 1. The van der Waals surface area contributed by atoms with Crippen molar-refractivity contribution < 1.29 is 19.1 Å². The molecule has 0 unspecified atom stereocenters. The molecule has 0 radical (unpaired) electrons. The van der Waals surface area contributed by atoms with Gasteiger partial charge in [0.15, 0.2) is 0 Å². The fraction of sp³-hybridized carbons (Fsp3) is 0.156. The number of para-hydroxylation sites is 1. The van der Waals surface area contributed by atoms with Crippen LogP contribution >= 0.6 is 0 Å². The normalized spacial score (nSPS) is 10.9. The number of nitrogens with one attached hydrogen (secondary N) is 1. The Kier molecular flexibility index (Phi) is 7.59. The Morgan fingerprint density at radius 3 is 2.45 bits per heavy atom. The van der Waals surface area contributed by atoms with Gasteiger partial charge in [0.2, 0.25) is 0 Å². The van der Waals surface area contributed by atoms with E-state index < -0.39 is 0 Å². The minimum Gasteiger partial charge on any atom is -0.487 e. The topological polar surface area (TPSA) is 77.5 Å². The van der Waals surface area contributed by atoms with Gasteiger partial charge in [-0.1, -0.05) is 48.5 Å². The molecule has 0 saturated carbocycles. The first-order valence-electron chi connectivity index (χ1n) is 12.6. The summed E-state index contributed by atoms with van der Waals surface area (Å²) in [6.07, 6.45) is 1.84. The Bertz CT molecular complexity index is 1600. The Labute approximate surface area is 221 Å². The molecule has 6 nitrogen and oxygen atoms in total. The lowest BCUT2D eigenvalue weighted by atomic mass is 10.1. The van der Waals surface area contributed by atoms with Crippen molar-refractivity contribution in [3.63, 3.8) is 0 Å². The van der Waals surface area contributed by atoms with Gasteiger partial charge in [-0.25, -0.2) is 4.98 Å². The molecule has 190 valence electrons. The summed E-state index contributed by atoms with van der Waals surface area (Å²) < 4.78 is 10.7. The van der Waals surface area contributed by atoms with Crippen molar-refractivity contribution in [1.82, 2.24) is 4.98 Å². The number of nitrogens with zero attached hydrogens (tertiary/aromatic N) is 1. The van der Waals surface area contributed by atoms with Crippen LogP contribution in [0.2, 0.25) is 0 Å². The van der Waals surface area contributed by atoms with Crippen LogP contribution in [0.4, 0.5) is 5.69 Å². The molecule has 0 aliphatic rings. The second-order valence-electron chi connectivity index (χ2n) is 9.09. The fourth-order valence-electron chi connectivity index (χ4n) is 4.30. The molecule has 1 aromatic heterocycles. The summed E-state index contributed by atoms with van der Waals surface area (Å²) in [5, 5.41) is 6.10. The van der Waals surface area contributed by atoms with Crippen molar-refractivity contribution in [2.75, 3.05) is 12.4 Å². The van der Waals surface area contributed by atoms with Crippen molar-refractivity contribution in [2.24, 2.45) is 0 Å². The van der Waals surface area contributed by atoms with Crippen molar-refractivity contribution in [3.05, 3.63) is 114 Å². The predicted molar refractivity (Wildman–Crippen MR) is 149 cm³/mol. The number of hydrogen-bond donors (Lipinski definition) is 1. The zero-order valence-corrected chi connectivity index (χ0v) is 21.1. The van der Waals surface area contributed by atoms with E-state index in [2.05, 4.69) is 21.1 Å². The van der Waals surface area contributed by atoms with Crippen LogP contribution in [0.3, 0.4) is 0 Å². The largest absolute Gasteiger partial charge is 0.487 e. The summed E-state index contributed by atoms with van der Waals surface area (Å²) in [5.41, 5.74) is 4.15. The van der Waals surface area contributed by atoms with E-state index >= 15 is 0 Å². The van der Waals surface area contributed by atoms with Gasteiger partial charge in [0, 0.05) is 23.1 Å². The zero-order valence-electron chi connectivity index (χ0n) is 21.1. The van der Waals surface area contributed by atoms with Crippen molar-refractivity contribution in [3.8, 4) is 5.75 Å². The average Bonchev–Trinajstić information content (AvgIpc) is 2.96. The molecule has 38 heavy (non-hydrogen) atoms. The minimum absolute atomic E-state index is 0.180. The standard InChI is InChI=1S/C32H28N2O4/c1-37-31(35)8-4-5-22-9-11-25(12-10-22)32(36)34-27-16-13-23-15-18-29(20-26(23)19-27)38-21-28-17-14-24-6-2-3-7-30(24)33-28/h2-3,6-7,9-20H,4-5,8,21H2,1H3,(H,34,36). The van der Waals surface area contributed by atoms with Gasteiger partial charge >= 0.3 is 5.97 Å². The van der Waals surface area contributed by atoms with Gasteiger partial charge in [-0.3, -0.25) is 9.59 Å². The molecule has 0 aliphatic carbocycles. The number of fused-ring (bicyclic) bond motifs is 2. The van der Waals surface area contributed by atoms with Gasteiger partial charge in [-0.15, -0.1) is 0 Å². The van der Waals surface area contributed by atoms with Crippen LogP contribution in [-0.4, -0.2) is 24.0 Å². The van der Waals surface area contributed by atoms with Gasteiger partial charge < -0.3 is 14.8 Å². The van der Waals surface area contributed by atoms with Crippen LogP contribution < -0.4 is 10.1 Å². The van der Waals surface area contributed by atoms with Gasteiger partial charge in [0.05, 0.1) is 18.3 Å². The van der Waals surface area contributed by atoms with Crippen LogP contribution in [-0.2, 0) is 22.6 Å². The highest BCUT2D eigenvalue weighted by atomic mass is 16.5. The number of anilines is 1. The SMILES string of the molecule is COC(=O)CCCc1ccc(C(=O)Nc2ccc3ccc(OCc4ccc5ccccc5n4)cc3c2)cc1. The maximum absolute atomic E-state index is 12.8. The highest BCUT2D eigenvalue weighted by Crippen LogP contribution is 2.25. The fourth-order valence-corrected chi connectivity index (χ4v) is 4.30. The van der Waals surface area contributed by atoms with Crippen LogP contribution in [0.15, 0.2) is 97.1 Å². The lowest BCUT2D eigenvalue weighted by Crippen LogP contribution is -2.11. The second kappa shape index (κ2) is 11.6. The Balaban J connectivity index is 1.21. The van der Waals surface area contributed by atoms with Crippen molar-refractivity contribution in [1.29, 1.82) is 0 Å². The van der Waals surface area contributed by atoms with Crippen LogP contribution in [0.5, 0.6) is 5.75 Å². The maximum atomic E-state index is 12.8. The molecule has 0 saturated heterocycles. The third-order valence-electron chi connectivity index (χ3n) is 6.40. The Morgan fingerprint density at radius 2 is 1.61 bits per heavy atom. The summed E-state index contributed by atoms with van der Waals surface area (Å²) in [6, 6.07) is 31.2. The van der Waals surface area contributed by atoms with E-state index in [1.165, 1.54) is 7.11 Å². The lowest BCUT2D eigenvalue weighted by molar-refractivity contribution is -0.140. The molecule has 0 atom stereocenters. The lowest BCUT2D eigenvalue weighted by Gasteiger charge is -2.10. The van der Waals surface area contributed by atoms with E-state index in [0.29, 0.717) is 30.7 Å². The first kappa shape index (κ1) is 25.0. The van der Waals surface area contributed by atoms with Crippen molar-refractivity contribution in [2.45, 2.75) is 25.9 Å². The summed E-state index contributed by atoms with van der Waals surface area (Å²) in [5.74, 6) is 0.343. The van der Waals surface area contributed by atoms with Crippen LogP contribution in [0.1, 0.15) is 34.5 Å². The monoisotopic (exact) mass is 504 g/mol. The van der Waals surface area contributed by atoms with Crippen LogP contribution in [0, 0.1) is 0 Å². The number of pyridine rings is 1. The molecular formula is C32H28N2O4. The number of hydrogen-bond acceptors (Lipinski definition) is 5. The first-order valence-corrected chi connectivity index (χ1v) is 12.6. The average molecular weight is 505 g/mol. The quantitative estimate of drug-likeness (QED) is 0.226. The van der Waals surface area contributed by atoms with E-state index in [-0.39, 0.29) is 11.9 Å². The Morgan fingerprint density at radius 1 is 0.816 bits per heavy atom. The molecule has 0 fully saturated rings. The molecule has 1 heterocycles. The van der Waals surface area contributed by atoms with Crippen molar-refractivity contribution >= 4 is 39.2 Å². The number of esters is 1. The van der Waals surface area contributed by atoms with Gasteiger partial charge in [-0.05, 0) is 77.7 Å². The smallest absolute Gasteiger partial charge is 0.305 e. The number of carbonyl (C=O) groups excluding carboxylic acids is 2. The molecular weight excluding hydrogens is 476 g/mol. The highest BCUT2D eigenvalue weighted by Gasteiger charge is 2.08.